The Hall–Kier alpha value is -1.80. The van der Waals surface area contributed by atoms with Gasteiger partial charge in [-0.25, -0.2) is 4.68 Å². The zero-order valence-electron chi connectivity index (χ0n) is 14.9. The van der Waals surface area contributed by atoms with Crippen molar-refractivity contribution in [1.29, 1.82) is 0 Å². The number of aromatic nitrogens is 3. The average molecular weight is 387 g/mol. The molecule has 3 aromatic rings. The van der Waals surface area contributed by atoms with E-state index in [0.29, 0.717) is 11.4 Å². The maximum absolute atomic E-state index is 5.84. The van der Waals surface area contributed by atoms with Crippen molar-refractivity contribution in [3.63, 3.8) is 0 Å². The summed E-state index contributed by atoms with van der Waals surface area (Å²) in [5.74, 6) is 0.894. The Morgan fingerprint density at radius 2 is 1.85 bits per heavy atom. The molecule has 0 radical (unpaired) electrons. The van der Waals surface area contributed by atoms with Crippen LogP contribution in [0.25, 0.3) is 16.4 Å². The van der Waals surface area contributed by atoms with Gasteiger partial charge in [0.15, 0.2) is 5.82 Å². The van der Waals surface area contributed by atoms with Gasteiger partial charge in [0.05, 0.1) is 23.8 Å². The van der Waals surface area contributed by atoms with Gasteiger partial charge in [-0.1, -0.05) is 24.3 Å². The van der Waals surface area contributed by atoms with E-state index >= 15 is 0 Å². The predicted octanol–water partition coefficient (Wildman–Crippen LogP) is 4.20. The Bertz CT molecular complexity index is 907. The largest absolute Gasteiger partial charge is 0.373 e. The Morgan fingerprint density at radius 3 is 2.50 bits per heavy atom. The average Bonchev–Trinajstić information content (AvgIpc) is 3.24. The first kappa shape index (κ1) is 17.6. The third-order valence-electron chi connectivity index (χ3n) is 4.42. The van der Waals surface area contributed by atoms with Crippen molar-refractivity contribution in [3.05, 3.63) is 52.6 Å². The van der Waals surface area contributed by atoms with Crippen molar-refractivity contribution < 1.29 is 4.74 Å². The first-order valence-corrected chi connectivity index (χ1v) is 10.1. The van der Waals surface area contributed by atoms with E-state index in [0.717, 1.165) is 29.5 Å². The summed E-state index contributed by atoms with van der Waals surface area (Å²) in [6.07, 6.45) is 0.446. The molecule has 0 N–H and O–H groups in total. The van der Waals surface area contributed by atoms with Crippen LogP contribution in [0, 0.1) is 4.77 Å². The van der Waals surface area contributed by atoms with Gasteiger partial charge in [-0.3, -0.25) is 9.47 Å². The van der Waals surface area contributed by atoms with E-state index in [1.807, 2.05) is 28.9 Å². The minimum Gasteiger partial charge on any atom is -0.373 e. The summed E-state index contributed by atoms with van der Waals surface area (Å²) in [7, 11) is 0. The predicted molar refractivity (Wildman–Crippen MR) is 107 cm³/mol. The molecule has 1 aliphatic heterocycles. The molecule has 0 aliphatic carbocycles. The molecule has 1 saturated heterocycles. The fraction of sp³-hybridized carbons (Fsp3) is 0.368. The van der Waals surface area contributed by atoms with Crippen LogP contribution in [0.5, 0.6) is 0 Å². The number of nitrogens with zero attached hydrogens (tertiary/aromatic N) is 4. The highest BCUT2D eigenvalue weighted by Gasteiger charge is 2.24. The van der Waals surface area contributed by atoms with Gasteiger partial charge in [0.25, 0.3) is 0 Å². The van der Waals surface area contributed by atoms with Gasteiger partial charge in [-0.2, -0.15) is 0 Å². The zero-order valence-corrected chi connectivity index (χ0v) is 16.5. The quantitative estimate of drug-likeness (QED) is 0.630. The fourth-order valence-corrected chi connectivity index (χ4v) is 4.45. The lowest BCUT2D eigenvalue weighted by molar-refractivity contribution is -0.0777. The smallest absolute Gasteiger partial charge is 0.204 e. The summed E-state index contributed by atoms with van der Waals surface area (Å²) in [5.41, 5.74) is 1.04. The Kier molecular flexibility index (Phi) is 5.04. The highest BCUT2D eigenvalue weighted by Crippen LogP contribution is 2.26. The van der Waals surface area contributed by atoms with Crippen molar-refractivity contribution in [2.24, 2.45) is 0 Å². The van der Waals surface area contributed by atoms with Gasteiger partial charge in [0.1, 0.15) is 0 Å². The standard InChI is InChI=1S/C19H22N4OS2/c1-14-11-21(12-15(2)24-14)13-22-19(25)23(16-7-4-3-5-8-16)18(20-22)17-9-6-10-26-17/h3-10,14-15H,11-13H2,1-2H3. The summed E-state index contributed by atoms with van der Waals surface area (Å²) in [6.45, 7) is 6.68. The maximum atomic E-state index is 5.84. The van der Waals surface area contributed by atoms with Crippen LogP contribution in [0.2, 0.25) is 0 Å². The number of ether oxygens (including phenoxy) is 1. The maximum Gasteiger partial charge on any atom is 0.204 e. The first-order valence-electron chi connectivity index (χ1n) is 8.79. The van der Waals surface area contributed by atoms with Gasteiger partial charge >= 0.3 is 0 Å². The molecule has 0 bridgehead atoms. The SMILES string of the molecule is CC1CN(Cn2nc(-c3cccs3)n(-c3ccccc3)c2=S)CC(C)O1. The Labute approximate surface area is 162 Å². The molecule has 26 heavy (non-hydrogen) atoms. The Balaban J connectivity index is 1.74. The molecule has 0 saturated carbocycles. The van der Waals surface area contributed by atoms with Gasteiger partial charge in [0.2, 0.25) is 4.77 Å². The summed E-state index contributed by atoms with van der Waals surface area (Å²) in [6, 6.07) is 14.3. The lowest BCUT2D eigenvalue weighted by Crippen LogP contribution is -2.46. The molecule has 1 aliphatic rings. The number of hydrogen-bond acceptors (Lipinski definition) is 5. The molecule has 2 atom stereocenters. The van der Waals surface area contributed by atoms with E-state index in [-0.39, 0.29) is 12.2 Å². The van der Waals surface area contributed by atoms with E-state index in [1.165, 1.54) is 0 Å². The minimum atomic E-state index is 0.223. The van der Waals surface area contributed by atoms with Gasteiger partial charge in [-0.15, -0.1) is 16.4 Å². The molecular formula is C19H22N4OS2. The third kappa shape index (κ3) is 3.53. The summed E-state index contributed by atoms with van der Waals surface area (Å²) in [4.78, 5) is 3.47. The Morgan fingerprint density at radius 1 is 1.12 bits per heavy atom. The number of rotatable bonds is 4. The van der Waals surface area contributed by atoms with E-state index in [9.17, 15) is 0 Å². The molecule has 3 heterocycles. The van der Waals surface area contributed by atoms with Crippen LogP contribution in [-0.2, 0) is 11.4 Å². The normalized spacial score (nSPS) is 21.2. The monoisotopic (exact) mass is 386 g/mol. The number of thiophene rings is 1. The van der Waals surface area contributed by atoms with Gasteiger partial charge in [-0.05, 0) is 49.6 Å². The van der Waals surface area contributed by atoms with Crippen LogP contribution < -0.4 is 0 Å². The van der Waals surface area contributed by atoms with Crippen molar-refractivity contribution in [1.82, 2.24) is 19.2 Å². The summed E-state index contributed by atoms with van der Waals surface area (Å²) >= 11 is 7.48. The molecular weight excluding hydrogens is 364 g/mol. The highest BCUT2D eigenvalue weighted by molar-refractivity contribution is 7.71. The zero-order chi connectivity index (χ0) is 18.1. The first-order chi connectivity index (χ1) is 12.6. The molecule has 2 unspecified atom stereocenters. The van der Waals surface area contributed by atoms with E-state index in [1.54, 1.807) is 11.3 Å². The molecule has 5 nitrogen and oxygen atoms in total. The van der Waals surface area contributed by atoms with Crippen molar-refractivity contribution in [2.45, 2.75) is 32.7 Å². The van der Waals surface area contributed by atoms with Crippen molar-refractivity contribution in [2.75, 3.05) is 13.1 Å². The van der Waals surface area contributed by atoms with Crippen LogP contribution in [0.15, 0.2) is 47.8 Å². The molecule has 1 aromatic carbocycles. The van der Waals surface area contributed by atoms with Gasteiger partial charge in [0, 0.05) is 18.8 Å². The second kappa shape index (κ2) is 7.44. The molecule has 2 aromatic heterocycles. The number of para-hydroxylation sites is 1. The second-order valence-corrected chi connectivity index (χ2v) is 8.00. The van der Waals surface area contributed by atoms with E-state index in [2.05, 4.69) is 46.9 Å². The summed E-state index contributed by atoms with van der Waals surface area (Å²) < 4.78 is 10.6. The molecule has 0 amide bonds. The molecule has 0 spiro atoms. The van der Waals surface area contributed by atoms with Crippen LogP contribution >= 0.6 is 23.6 Å². The molecule has 7 heteroatoms. The lowest BCUT2D eigenvalue weighted by atomic mass is 10.2. The fourth-order valence-electron chi connectivity index (χ4n) is 3.46. The van der Waals surface area contributed by atoms with Crippen LogP contribution in [0.3, 0.4) is 0 Å². The van der Waals surface area contributed by atoms with E-state index < -0.39 is 0 Å². The minimum absolute atomic E-state index is 0.223. The number of benzene rings is 1. The molecule has 136 valence electrons. The van der Waals surface area contributed by atoms with E-state index in [4.69, 9.17) is 22.1 Å². The number of hydrogen-bond donors (Lipinski definition) is 0. The second-order valence-electron chi connectivity index (χ2n) is 6.69. The number of morpholine rings is 1. The lowest BCUT2D eigenvalue weighted by Gasteiger charge is -2.34. The third-order valence-corrected chi connectivity index (χ3v) is 5.68. The summed E-state index contributed by atoms with van der Waals surface area (Å²) in [5, 5.41) is 6.94. The van der Waals surface area contributed by atoms with Crippen LogP contribution in [0.4, 0.5) is 0 Å². The van der Waals surface area contributed by atoms with Gasteiger partial charge < -0.3 is 4.74 Å². The van der Waals surface area contributed by atoms with Crippen molar-refractivity contribution in [3.8, 4) is 16.4 Å². The van der Waals surface area contributed by atoms with Crippen molar-refractivity contribution >= 4 is 23.6 Å². The topological polar surface area (TPSA) is 35.2 Å². The molecule has 4 rings (SSSR count). The van der Waals surface area contributed by atoms with Crippen LogP contribution in [-0.4, -0.2) is 44.5 Å². The molecule has 1 fully saturated rings. The highest BCUT2D eigenvalue weighted by atomic mass is 32.1. The van der Waals surface area contributed by atoms with Crippen LogP contribution in [0.1, 0.15) is 13.8 Å².